The van der Waals surface area contributed by atoms with Crippen LogP contribution in [0.1, 0.15) is 32.6 Å². The van der Waals surface area contributed by atoms with Crippen LogP contribution in [0, 0.1) is 6.07 Å². The highest BCUT2D eigenvalue weighted by Crippen LogP contribution is 2.06. The lowest BCUT2D eigenvalue weighted by atomic mass is 10.2. The van der Waals surface area contributed by atoms with Crippen LogP contribution in [-0.2, 0) is 4.79 Å². The molecule has 0 aromatic heterocycles. The van der Waals surface area contributed by atoms with Gasteiger partial charge in [-0.1, -0.05) is 31.9 Å². The molecule has 0 aliphatic heterocycles. The molecule has 0 aliphatic rings. The van der Waals surface area contributed by atoms with E-state index in [0.29, 0.717) is 6.42 Å². The molecule has 0 saturated heterocycles. The minimum absolute atomic E-state index is 0.0954. The Kier molecular flexibility index (Phi) is 4.76. The molecule has 2 heteroatoms. The van der Waals surface area contributed by atoms with Gasteiger partial charge in [-0.3, -0.25) is 4.79 Å². The molecule has 1 N–H and O–H groups in total. The predicted molar refractivity (Wildman–Crippen MR) is 58.0 cm³/mol. The SMILES string of the molecule is CCCCCC(=O)Nc1c[c]ccc1. The van der Waals surface area contributed by atoms with Crippen LogP contribution in [0.15, 0.2) is 24.3 Å². The summed E-state index contributed by atoms with van der Waals surface area (Å²) < 4.78 is 0. The van der Waals surface area contributed by atoms with Crippen LogP contribution in [0.3, 0.4) is 0 Å². The van der Waals surface area contributed by atoms with Crippen molar-refractivity contribution in [3.05, 3.63) is 30.3 Å². The molecule has 14 heavy (non-hydrogen) atoms. The monoisotopic (exact) mass is 190 g/mol. The Morgan fingerprint density at radius 2 is 2.36 bits per heavy atom. The van der Waals surface area contributed by atoms with Crippen molar-refractivity contribution in [3.8, 4) is 0 Å². The molecule has 0 aliphatic carbocycles. The number of carbonyl (C=O) groups excluding carboxylic acids is 1. The first-order valence-electron chi connectivity index (χ1n) is 5.09. The van der Waals surface area contributed by atoms with Crippen molar-refractivity contribution in [2.24, 2.45) is 0 Å². The molecular formula is C12H16NO. The van der Waals surface area contributed by atoms with Gasteiger partial charge in [-0.15, -0.1) is 0 Å². The maximum Gasteiger partial charge on any atom is 0.224 e. The Hall–Kier alpha value is -1.31. The van der Waals surface area contributed by atoms with Gasteiger partial charge in [0.15, 0.2) is 0 Å². The number of hydrogen-bond donors (Lipinski definition) is 1. The Balaban J connectivity index is 2.27. The lowest BCUT2D eigenvalue weighted by Gasteiger charge is -2.03. The number of anilines is 1. The summed E-state index contributed by atoms with van der Waals surface area (Å²) >= 11 is 0. The van der Waals surface area contributed by atoms with Crippen molar-refractivity contribution in [1.29, 1.82) is 0 Å². The van der Waals surface area contributed by atoms with E-state index < -0.39 is 0 Å². The van der Waals surface area contributed by atoms with E-state index in [1.807, 2.05) is 18.2 Å². The zero-order chi connectivity index (χ0) is 10.2. The molecule has 0 atom stereocenters. The van der Waals surface area contributed by atoms with E-state index in [2.05, 4.69) is 18.3 Å². The molecular weight excluding hydrogens is 174 g/mol. The van der Waals surface area contributed by atoms with E-state index >= 15 is 0 Å². The molecule has 1 aromatic carbocycles. The lowest BCUT2D eigenvalue weighted by molar-refractivity contribution is -0.116. The number of nitrogens with one attached hydrogen (secondary N) is 1. The van der Waals surface area contributed by atoms with E-state index in [-0.39, 0.29) is 5.91 Å². The molecule has 0 bridgehead atoms. The highest BCUT2D eigenvalue weighted by molar-refractivity contribution is 5.90. The summed E-state index contributed by atoms with van der Waals surface area (Å²) in [6.07, 6.45) is 3.85. The van der Waals surface area contributed by atoms with Gasteiger partial charge < -0.3 is 5.32 Å². The summed E-state index contributed by atoms with van der Waals surface area (Å²) in [5, 5.41) is 2.83. The number of amides is 1. The summed E-state index contributed by atoms with van der Waals surface area (Å²) in [6.45, 7) is 2.13. The molecule has 1 radical (unpaired) electrons. The van der Waals surface area contributed by atoms with Gasteiger partial charge in [0.1, 0.15) is 0 Å². The highest BCUT2D eigenvalue weighted by Gasteiger charge is 2.00. The molecule has 1 rings (SSSR count). The second kappa shape index (κ2) is 6.19. The summed E-state index contributed by atoms with van der Waals surface area (Å²) in [5.41, 5.74) is 0.828. The molecule has 1 amide bonds. The summed E-state index contributed by atoms with van der Waals surface area (Å²) in [4.78, 5) is 11.4. The number of carbonyl (C=O) groups is 1. The van der Waals surface area contributed by atoms with Crippen molar-refractivity contribution >= 4 is 11.6 Å². The van der Waals surface area contributed by atoms with Crippen LogP contribution in [0.4, 0.5) is 5.69 Å². The van der Waals surface area contributed by atoms with Crippen molar-refractivity contribution in [2.45, 2.75) is 32.6 Å². The second-order valence-corrected chi connectivity index (χ2v) is 3.30. The third kappa shape index (κ3) is 4.08. The number of benzene rings is 1. The van der Waals surface area contributed by atoms with E-state index in [1.54, 1.807) is 6.07 Å². The first-order chi connectivity index (χ1) is 6.83. The van der Waals surface area contributed by atoms with Gasteiger partial charge in [-0.2, -0.15) is 0 Å². The lowest BCUT2D eigenvalue weighted by Crippen LogP contribution is -2.10. The Morgan fingerprint density at radius 3 is 3.00 bits per heavy atom. The molecule has 75 valence electrons. The fraction of sp³-hybridized carbons (Fsp3) is 0.417. The minimum atomic E-state index is 0.0954. The summed E-state index contributed by atoms with van der Waals surface area (Å²) in [7, 11) is 0. The second-order valence-electron chi connectivity index (χ2n) is 3.30. The first-order valence-corrected chi connectivity index (χ1v) is 5.09. The topological polar surface area (TPSA) is 29.1 Å². The smallest absolute Gasteiger partial charge is 0.224 e. The van der Waals surface area contributed by atoms with Crippen LogP contribution >= 0.6 is 0 Å². The van der Waals surface area contributed by atoms with Gasteiger partial charge >= 0.3 is 0 Å². The molecule has 0 saturated carbocycles. The molecule has 1 aromatic rings. The maximum absolute atomic E-state index is 11.4. The third-order valence-electron chi connectivity index (χ3n) is 2.00. The van der Waals surface area contributed by atoms with Crippen LogP contribution in [0.25, 0.3) is 0 Å². The van der Waals surface area contributed by atoms with Crippen molar-refractivity contribution in [1.82, 2.24) is 0 Å². The quantitative estimate of drug-likeness (QED) is 0.710. The summed E-state index contributed by atoms with van der Waals surface area (Å²) in [6, 6.07) is 10.2. The largest absolute Gasteiger partial charge is 0.326 e. The maximum atomic E-state index is 11.4. The molecule has 0 heterocycles. The Morgan fingerprint density at radius 1 is 1.50 bits per heavy atom. The van der Waals surface area contributed by atoms with Crippen LogP contribution in [-0.4, -0.2) is 5.91 Å². The predicted octanol–water partition coefficient (Wildman–Crippen LogP) is 3.01. The molecule has 0 spiro atoms. The van der Waals surface area contributed by atoms with E-state index in [1.165, 1.54) is 0 Å². The van der Waals surface area contributed by atoms with Gasteiger partial charge in [0.2, 0.25) is 5.91 Å². The van der Waals surface area contributed by atoms with Crippen LogP contribution in [0.2, 0.25) is 0 Å². The Labute approximate surface area is 85.3 Å². The Bertz CT molecular complexity index is 269. The van der Waals surface area contributed by atoms with Crippen molar-refractivity contribution < 1.29 is 4.79 Å². The van der Waals surface area contributed by atoms with E-state index in [0.717, 1.165) is 24.9 Å². The molecule has 0 fully saturated rings. The van der Waals surface area contributed by atoms with Crippen LogP contribution < -0.4 is 5.32 Å². The van der Waals surface area contributed by atoms with Crippen molar-refractivity contribution in [3.63, 3.8) is 0 Å². The summed E-state index contributed by atoms with van der Waals surface area (Å²) in [5.74, 6) is 0.0954. The number of rotatable bonds is 5. The van der Waals surface area contributed by atoms with E-state index in [9.17, 15) is 4.79 Å². The average molecular weight is 190 g/mol. The molecule has 0 unspecified atom stereocenters. The first kappa shape index (κ1) is 10.8. The van der Waals surface area contributed by atoms with Crippen LogP contribution in [0.5, 0.6) is 0 Å². The van der Waals surface area contributed by atoms with Gasteiger partial charge in [-0.05, 0) is 24.6 Å². The van der Waals surface area contributed by atoms with Gasteiger partial charge in [0.05, 0.1) is 0 Å². The number of unbranched alkanes of at least 4 members (excludes halogenated alkanes) is 2. The van der Waals surface area contributed by atoms with Gasteiger partial charge in [-0.25, -0.2) is 0 Å². The molecule has 2 nitrogen and oxygen atoms in total. The van der Waals surface area contributed by atoms with Crippen molar-refractivity contribution in [2.75, 3.05) is 5.32 Å². The standard InChI is InChI=1S/C12H16NO/c1-2-3-5-10-12(14)13-11-8-6-4-7-9-11/h4,6,8-9H,2-3,5,10H2,1H3,(H,13,14). The fourth-order valence-electron chi connectivity index (χ4n) is 1.23. The fourth-order valence-corrected chi connectivity index (χ4v) is 1.23. The highest BCUT2D eigenvalue weighted by atomic mass is 16.1. The number of hydrogen-bond acceptors (Lipinski definition) is 1. The normalized spacial score (nSPS) is 9.79. The zero-order valence-electron chi connectivity index (χ0n) is 8.55. The third-order valence-corrected chi connectivity index (χ3v) is 2.00. The average Bonchev–Trinajstić information content (AvgIpc) is 2.20. The van der Waals surface area contributed by atoms with E-state index in [4.69, 9.17) is 0 Å². The minimum Gasteiger partial charge on any atom is -0.326 e. The van der Waals surface area contributed by atoms with Gasteiger partial charge in [0.25, 0.3) is 0 Å². The van der Waals surface area contributed by atoms with Gasteiger partial charge in [0, 0.05) is 12.1 Å². The zero-order valence-corrected chi connectivity index (χ0v) is 8.55.